The molecule has 0 aromatic carbocycles. The molecule has 1 heterocycles. The molecule has 0 saturated carbocycles. The highest BCUT2D eigenvalue weighted by atomic mass is 15.2. The molecule has 1 aliphatic rings. The van der Waals surface area contributed by atoms with Crippen LogP contribution in [0.5, 0.6) is 0 Å². The molecule has 0 aromatic rings. The Balaban J connectivity index is 2.43. The van der Waals surface area contributed by atoms with Crippen molar-refractivity contribution in [3.63, 3.8) is 0 Å². The third kappa shape index (κ3) is 3.56. The average Bonchev–Trinajstić information content (AvgIpc) is 2.36. The summed E-state index contributed by atoms with van der Waals surface area (Å²) in [6.45, 7) is 8.02. The van der Waals surface area contributed by atoms with Crippen molar-refractivity contribution in [2.24, 2.45) is 5.73 Å². The summed E-state index contributed by atoms with van der Waals surface area (Å²) in [5.74, 6) is 0. The average molecular weight is 199 g/mol. The highest BCUT2D eigenvalue weighted by molar-refractivity contribution is 4.77. The lowest BCUT2D eigenvalue weighted by molar-refractivity contribution is 0.182. The van der Waals surface area contributed by atoms with Crippen LogP contribution < -0.4 is 5.73 Å². The van der Waals surface area contributed by atoms with E-state index in [1.807, 2.05) is 0 Å². The summed E-state index contributed by atoms with van der Waals surface area (Å²) in [7, 11) is 2.23. The van der Waals surface area contributed by atoms with Crippen molar-refractivity contribution in [1.29, 1.82) is 0 Å². The van der Waals surface area contributed by atoms with Crippen LogP contribution in [0.4, 0.5) is 0 Å². The van der Waals surface area contributed by atoms with Crippen molar-refractivity contribution in [3.05, 3.63) is 0 Å². The van der Waals surface area contributed by atoms with Gasteiger partial charge < -0.3 is 10.6 Å². The topological polar surface area (TPSA) is 32.5 Å². The molecule has 1 atom stereocenters. The minimum Gasteiger partial charge on any atom is -0.330 e. The fourth-order valence-corrected chi connectivity index (χ4v) is 2.27. The monoisotopic (exact) mass is 199 g/mol. The molecule has 0 bridgehead atoms. The fraction of sp³-hybridized carbons (Fsp3) is 1.00. The van der Waals surface area contributed by atoms with Crippen LogP contribution in [0.1, 0.15) is 26.2 Å². The van der Waals surface area contributed by atoms with E-state index >= 15 is 0 Å². The summed E-state index contributed by atoms with van der Waals surface area (Å²) in [5.41, 5.74) is 5.56. The van der Waals surface area contributed by atoms with Crippen molar-refractivity contribution in [1.82, 2.24) is 9.80 Å². The lowest BCUT2D eigenvalue weighted by Gasteiger charge is -2.29. The van der Waals surface area contributed by atoms with E-state index in [-0.39, 0.29) is 0 Å². The van der Waals surface area contributed by atoms with Gasteiger partial charge in [-0.05, 0) is 52.5 Å². The van der Waals surface area contributed by atoms with Gasteiger partial charge in [-0.1, -0.05) is 6.92 Å². The predicted octanol–water partition coefficient (Wildman–Crippen LogP) is 0.751. The van der Waals surface area contributed by atoms with Crippen LogP contribution in [0.2, 0.25) is 0 Å². The van der Waals surface area contributed by atoms with Gasteiger partial charge in [-0.3, -0.25) is 4.90 Å². The molecule has 14 heavy (non-hydrogen) atoms. The van der Waals surface area contributed by atoms with E-state index in [9.17, 15) is 0 Å². The largest absolute Gasteiger partial charge is 0.330 e. The minimum atomic E-state index is 0.744. The molecule has 84 valence electrons. The van der Waals surface area contributed by atoms with E-state index < -0.39 is 0 Å². The van der Waals surface area contributed by atoms with Crippen LogP contribution >= 0.6 is 0 Å². The van der Waals surface area contributed by atoms with Gasteiger partial charge in [0.1, 0.15) is 0 Å². The van der Waals surface area contributed by atoms with Crippen molar-refractivity contribution in [2.45, 2.75) is 32.2 Å². The Morgan fingerprint density at radius 2 is 2.14 bits per heavy atom. The molecular formula is C11H25N3. The maximum Gasteiger partial charge on any atom is 0.0220 e. The second-order valence-corrected chi connectivity index (χ2v) is 4.36. The van der Waals surface area contributed by atoms with Gasteiger partial charge in [-0.25, -0.2) is 0 Å². The number of hydrogen-bond acceptors (Lipinski definition) is 3. The molecule has 0 amide bonds. The fourth-order valence-electron chi connectivity index (χ4n) is 2.27. The third-order valence-electron chi connectivity index (χ3n) is 3.14. The molecule has 3 heteroatoms. The van der Waals surface area contributed by atoms with Crippen molar-refractivity contribution in [2.75, 3.05) is 39.8 Å². The molecule has 0 aliphatic carbocycles. The van der Waals surface area contributed by atoms with Crippen molar-refractivity contribution in [3.8, 4) is 0 Å². The molecule has 0 aromatic heterocycles. The minimum absolute atomic E-state index is 0.744. The smallest absolute Gasteiger partial charge is 0.0220 e. The maximum atomic E-state index is 5.56. The standard InChI is InChI=1S/C11H25N3/c1-3-11-10-13(2)7-5-9-14(11)8-4-6-12/h11H,3-10,12H2,1-2H3. The van der Waals surface area contributed by atoms with Gasteiger partial charge in [0.2, 0.25) is 0 Å². The predicted molar refractivity (Wildman–Crippen MR) is 61.4 cm³/mol. The first-order chi connectivity index (χ1) is 6.77. The number of nitrogens with zero attached hydrogens (tertiary/aromatic N) is 2. The Morgan fingerprint density at radius 3 is 2.79 bits per heavy atom. The van der Waals surface area contributed by atoms with Gasteiger partial charge in [-0.15, -0.1) is 0 Å². The van der Waals surface area contributed by atoms with Gasteiger partial charge in [0.05, 0.1) is 0 Å². The number of rotatable bonds is 4. The van der Waals surface area contributed by atoms with Crippen LogP contribution in [-0.4, -0.2) is 55.6 Å². The molecule has 1 aliphatic heterocycles. The van der Waals surface area contributed by atoms with Crippen molar-refractivity contribution < 1.29 is 0 Å². The van der Waals surface area contributed by atoms with Gasteiger partial charge in [-0.2, -0.15) is 0 Å². The first kappa shape index (κ1) is 12.0. The highest BCUT2D eigenvalue weighted by Gasteiger charge is 2.20. The normalized spacial score (nSPS) is 26.4. The summed E-state index contributed by atoms with van der Waals surface area (Å²) < 4.78 is 0. The summed E-state index contributed by atoms with van der Waals surface area (Å²) >= 11 is 0. The van der Waals surface area contributed by atoms with E-state index in [1.165, 1.54) is 39.0 Å². The lowest BCUT2D eigenvalue weighted by atomic mass is 10.2. The Kier molecular flexibility index (Phi) is 5.45. The van der Waals surface area contributed by atoms with Gasteiger partial charge in [0, 0.05) is 12.6 Å². The Bertz CT molecular complexity index is 147. The SMILES string of the molecule is CCC1CN(C)CCCN1CCCN. The maximum absolute atomic E-state index is 5.56. The summed E-state index contributed by atoms with van der Waals surface area (Å²) in [6, 6.07) is 0.744. The van der Waals surface area contributed by atoms with Gasteiger partial charge >= 0.3 is 0 Å². The second kappa shape index (κ2) is 6.38. The van der Waals surface area contributed by atoms with Crippen LogP contribution in [0.25, 0.3) is 0 Å². The lowest BCUT2D eigenvalue weighted by Crippen LogP contribution is -2.40. The molecular weight excluding hydrogens is 174 g/mol. The number of nitrogens with two attached hydrogens (primary N) is 1. The Labute approximate surface area is 88.2 Å². The van der Waals surface area contributed by atoms with E-state index in [2.05, 4.69) is 23.8 Å². The highest BCUT2D eigenvalue weighted by Crippen LogP contribution is 2.11. The van der Waals surface area contributed by atoms with Crippen molar-refractivity contribution >= 4 is 0 Å². The van der Waals surface area contributed by atoms with E-state index in [0.29, 0.717) is 0 Å². The first-order valence-corrected chi connectivity index (χ1v) is 5.90. The molecule has 1 fully saturated rings. The zero-order valence-corrected chi connectivity index (χ0v) is 9.71. The van der Waals surface area contributed by atoms with Crippen LogP contribution in [0.15, 0.2) is 0 Å². The van der Waals surface area contributed by atoms with E-state index in [1.54, 1.807) is 0 Å². The quantitative estimate of drug-likeness (QED) is 0.725. The van der Waals surface area contributed by atoms with Gasteiger partial charge in [0.15, 0.2) is 0 Å². The second-order valence-electron chi connectivity index (χ2n) is 4.36. The molecule has 2 N–H and O–H groups in total. The van der Waals surface area contributed by atoms with Gasteiger partial charge in [0.25, 0.3) is 0 Å². The molecule has 0 spiro atoms. The Hall–Kier alpha value is -0.120. The number of hydrogen-bond donors (Lipinski definition) is 1. The van der Waals surface area contributed by atoms with Crippen LogP contribution in [-0.2, 0) is 0 Å². The van der Waals surface area contributed by atoms with Crippen LogP contribution in [0.3, 0.4) is 0 Å². The molecule has 1 unspecified atom stereocenters. The number of likely N-dealkylation sites (N-methyl/N-ethyl adjacent to an activating group) is 1. The van der Waals surface area contributed by atoms with E-state index in [0.717, 1.165) is 19.0 Å². The zero-order chi connectivity index (χ0) is 10.4. The molecule has 3 nitrogen and oxygen atoms in total. The first-order valence-electron chi connectivity index (χ1n) is 5.90. The summed E-state index contributed by atoms with van der Waals surface area (Å²) in [4.78, 5) is 5.08. The molecule has 1 saturated heterocycles. The molecule has 1 rings (SSSR count). The summed E-state index contributed by atoms with van der Waals surface area (Å²) in [5, 5.41) is 0. The molecule has 0 radical (unpaired) electrons. The zero-order valence-electron chi connectivity index (χ0n) is 9.71. The van der Waals surface area contributed by atoms with E-state index in [4.69, 9.17) is 5.73 Å². The Morgan fingerprint density at radius 1 is 1.36 bits per heavy atom. The third-order valence-corrected chi connectivity index (χ3v) is 3.14. The van der Waals surface area contributed by atoms with Crippen LogP contribution in [0, 0.1) is 0 Å². The summed E-state index contributed by atoms with van der Waals surface area (Å²) in [6.07, 6.45) is 3.70.